The van der Waals surface area contributed by atoms with Crippen molar-refractivity contribution in [2.45, 2.75) is 26.2 Å². The van der Waals surface area contributed by atoms with Crippen LogP contribution in [0.15, 0.2) is 0 Å². The molecule has 0 amide bonds. The molecule has 0 saturated heterocycles. The zero-order chi connectivity index (χ0) is 6.83. The van der Waals surface area contributed by atoms with Gasteiger partial charge in [0.05, 0.1) is 0 Å². The molecule has 3 heteroatoms. The Hall–Kier alpha value is 0.422. The summed E-state index contributed by atoms with van der Waals surface area (Å²) < 4.78 is 8.10. The first-order chi connectivity index (χ1) is 3.91. The van der Waals surface area contributed by atoms with Gasteiger partial charge in [0.1, 0.15) is 0 Å². The van der Waals surface area contributed by atoms with Crippen molar-refractivity contribution in [3.63, 3.8) is 0 Å². The second-order valence-electron chi connectivity index (χ2n) is 1.46. The van der Waals surface area contributed by atoms with E-state index >= 15 is 0 Å². The number of hydrogen-bond donors (Lipinski definition) is 0. The average molecular weight is 209 g/mol. The van der Waals surface area contributed by atoms with Gasteiger partial charge in [0, 0.05) is 0 Å². The fourth-order valence-electron chi connectivity index (χ4n) is 0.375. The van der Waals surface area contributed by atoms with Crippen molar-refractivity contribution in [1.29, 1.82) is 0 Å². The fourth-order valence-corrected chi connectivity index (χ4v) is 0.375. The Morgan fingerprint density at radius 2 is 1.88 bits per heavy atom. The third-order valence-corrected chi connectivity index (χ3v) is 0.780. The van der Waals surface area contributed by atoms with Gasteiger partial charge in [-0.15, -0.1) is 0 Å². The van der Waals surface area contributed by atoms with Crippen molar-refractivity contribution in [2.24, 2.45) is 0 Å². The van der Waals surface area contributed by atoms with Crippen LogP contribution in [-0.2, 0) is 22.6 Å². The van der Waals surface area contributed by atoms with Crippen LogP contribution in [0.25, 0.3) is 5.73 Å². The van der Waals surface area contributed by atoms with Crippen molar-refractivity contribution in [1.82, 2.24) is 0 Å². The molecule has 0 aliphatic heterocycles. The number of nitrogens with one attached hydrogen (secondary N) is 1. The summed E-state index contributed by atoms with van der Waals surface area (Å²) in [4.78, 5) is 0. The molecule has 8 heavy (non-hydrogen) atoms. The predicted octanol–water partition coefficient (Wildman–Crippen LogP) is 2.11. The summed E-state index contributed by atoms with van der Waals surface area (Å²) in [5, 5.41) is 0. The zero-order valence-corrected chi connectivity index (χ0v) is 6.61. The van der Waals surface area contributed by atoms with Gasteiger partial charge in [0.15, 0.2) is 0 Å². The Morgan fingerprint density at radius 3 is 2.00 bits per heavy atom. The first kappa shape index (κ1) is 11.2. The second kappa shape index (κ2) is 15.7. The molecule has 0 atom stereocenters. The molecule has 0 rings (SSSR count). The van der Waals surface area contributed by atoms with E-state index in [-0.39, 0.29) is 0 Å². The second-order valence-corrected chi connectivity index (χ2v) is 1.46. The first-order valence-corrected chi connectivity index (χ1v) is 3.32. The van der Waals surface area contributed by atoms with Gasteiger partial charge < -0.3 is 5.73 Å². The molecular weight excluding hydrogens is 196 g/mol. The normalized spacial score (nSPS) is 7.50. The van der Waals surface area contributed by atoms with Crippen molar-refractivity contribution in [3.8, 4) is 0 Å². The van der Waals surface area contributed by atoms with E-state index in [0.717, 1.165) is 6.42 Å². The van der Waals surface area contributed by atoms with E-state index in [9.17, 15) is 0 Å². The van der Waals surface area contributed by atoms with Crippen LogP contribution in [0.5, 0.6) is 0 Å². The van der Waals surface area contributed by atoms with Gasteiger partial charge in [-0.25, -0.2) is 0 Å². The van der Waals surface area contributed by atoms with Crippen molar-refractivity contribution < 1.29 is 22.6 Å². The summed E-state index contributed by atoms with van der Waals surface area (Å²) in [6.45, 7) is 2.75. The summed E-state index contributed by atoms with van der Waals surface area (Å²) in [5.74, 6) is 0. The molecular formula is C5H12NOPd-. The van der Waals surface area contributed by atoms with Gasteiger partial charge in [-0.1, -0.05) is 26.2 Å². The van der Waals surface area contributed by atoms with E-state index in [1.165, 1.54) is 32.0 Å². The molecule has 0 heterocycles. The standard InChI is InChI=1S/C5H12N.O.Pd/c1-2-3-4-5-6;;/h6H,2-5H2,1H3;;/q-1;;. The van der Waals surface area contributed by atoms with Gasteiger partial charge in [-0.3, -0.25) is 0 Å². The van der Waals surface area contributed by atoms with Crippen molar-refractivity contribution >= 4 is 0 Å². The molecule has 1 N–H and O–H groups in total. The summed E-state index contributed by atoms with van der Waals surface area (Å²) >= 11 is 1.50. The SMILES string of the molecule is CCCCC[NH-].[O]=[Pd]. The van der Waals surface area contributed by atoms with E-state index < -0.39 is 0 Å². The van der Waals surface area contributed by atoms with Crippen LogP contribution < -0.4 is 0 Å². The van der Waals surface area contributed by atoms with E-state index in [0.29, 0.717) is 6.54 Å². The van der Waals surface area contributed by atoms with E-state index in [1.54, 1.807) is 0 Å². The first-order valence-electron chi connectivity index (χ1n) is 2.69. The molecule has 0 aromatic carbocycles. The van der Waals surface area contributed by atoms with Crippen molar-refractivity contribution in [3.05, 3.63) is 5.73 Å². The molecule has 0 unspecified atom stereocenters. The molecule has 0 bridgehead atoms. The van der Waals surface area contributed by atoms with Crippen LogP contribution in [0, 0.1) is 0 Å². The molecule has 0 aliphatic rings. The number of rotatable bonds is 3. The van der Waals surface area contributed by atoms with E-state index in [4.69, 9.17) is 9.20 Å². The minimum absolute atomic E-state index is 0.605. The van der Waals surface area contributed by atoms with Gasteiger partial charge in [-0.05, 0) is 0 Å². The molecule has 0 aromatic rings. The number of unbranched alkanes of at least 4 members (excludes halogenated alkanes) is 2. The Balaban J connectivity index is 0. The van der Waals surface area contributed by atoms with Crippen LogP contribution in [0.1, 0.15) is 26.2 Å². The molecule has 2 nitrogen and oxygen atoms in total. The van der Waals surface area contributed by atoms with Crippen LogP contribution in [0.4, 0.5) is 0 Å². The minimum atomic E-state index is 0.605. The quantitative estimate of drug-likeness (QED) is 0.517. The van der Waals surface area contributed by atoms with Gasteiger partial charge >= 0.3 is 22.6 Å². The zero-order valence-electron chi connectivity index (χ0n) is 5.05. The fraction of sp³-hybridized carbons (Fsp3) is 1.00. The predicted molar refractivity (Wildman–Crippen MR) is 29.4 cm³/mol. The molecule has 0 fully saturated rings. The van der Waals surface area contributed by atoms with Crippen LogP contribution in [0.3, 0.4) is 0 Å². The Morgan fingerprint density at radius 1 is 1.38 bits per heavy atom. The summed E-state index contributed by atoms with van der Waals surface area (Å²) in [6, 6.07) is 0. The Labute approximate surface area is 61.5 Å². The van der Waals surface area contributed by atoms with Crippen LogP contribution in [0.2, 0.25) is 0 Å². The molecule has 0 aromatic heterocycles. The average Bonchev–Trinajstić information content (AvgIpc) is 1.88. The van der Waals surface area contributed by atoms with Gasteiger partial charge in [0.2, 0.25) is 0 Å². The van der Waals surface area contributed by atoms with E-state index in [1.807, 2.05) is 0 Å². The molecule has 54 valence electrons. The monoisotopic (exact) mass is 208 g/mol. The van der Waals surface area contributed by atoms with Crippen LogP contribution in [-0.4, -0.2) is 6.54 Å². The van der Waals surface area contributed by atoms with Crippen molar-refractivity contribution in [2.75, 3.05) is 6.54 Å². The number of hydrogen-bond acceptors (Lipinski definition) is 1. The van der Waals surface area contributed by atoms with Crippen LogP contribution >= 0.6 is 0 Å². The molecule has 0 saturated carbocycles. The summed E-state index contributed by atoms with van der Waals surface area (Å²) in [5.41, 5.74) is 6.71. The molecule has 0 spiro atoms. The summed E-state index contributed by atoms with van der Waals surface area (Å²) in [7, 11) is 0. The maximum absolute atomic E-state index is 8.10. The third-order valence-electron chi connectivity index (χ3n) is 0.780. The Kier molecular flexibility index (Phi) is 22.0. The van der Waals surface area contributed by atoms with E-state index in [2.05, 4.69) is 6.92 Å². The molecule has 0 radical (unpaired) electrons. The Bertz CT molecular complexity index is 31.6. The maximum atomic E-state index is 8.10. The summed E-state index contributed by atoms with van der Waals surface area (Å²) in [6.07, 6.45) is 3.54. The van der Waals surface area contributed by atoms with Gasteiger partial charge in [-0.2, -0.15) is 6.54 Å². The third kappa shape index (κ3) is 16.1. The van der Waals surface area contributed by atoms with Gasteiger partial charge in [0.25, 0.3) is 0 Å². The topological polar surface area (TPSA) is 40.9 Å². The molecule has 0 aliphatic carbocycles.